The average molecular weight is 421 g/mol. The van der Waals surface area contributed by atoms with Gasteiger partial charge >= 0.3 is 6.18 Å². The molecule has 29 heavy (non-hydrogen) atoms. The number of rotatable bonds is 7. The molecule has 0 atom stereocenters. The molecular weight excluding hydrogens is 403 g/mol. The van der Waals surface area contributed by atoms with Gasteiger partial charge in [0.25, 0.3) is 0 Å². The van der Waals surface area contributed by atoms with E-state index in [1.54, 1.807) is 6.20 Å². The summed E-state index contributed by atoms with van der Waals surface area (Å²) in [7, 11) is 0. The van der Waals surface area contributed by atoms with E-state index < -0.39 is 12.8 Å². The van der Waals surface area contributed by atoms with Gasteiger partial charge in [-0.25, -0.2) is 4.98 Å². The minimum Gasteiger partial charge on any atom is -0.484 e. The zero-order valence-electron chi connectivity index (χ0n) is 15.4. The minimum atomic E-state index is -4.39. The molecule has 5 nitrogen and oxygen atoms in total. The molecule has 0 aliphatic heterocycles. The first-order valence-electron chi connectivity index (χ1n) is 8.63. The molecule has 0 radical (unpaired) electrons. The molecule has 1 aromatic heterocycles. The second-order valence-electron chi connectivity index (χ2n) is 6.13. The van der Waals surface area contributed by atoms with Gasteiger partial charge in [-0.3, -0.25) is 9.36 Å². The summed E-state index contributed by atoms with van der Waals surface area (Å²) >= 11 is 1.29. The second kappa shape index (κ2) is 9.04. The number of benzene rings is 2. The van der Waals surface area contributed by atoms with Crippen LogP contribution in [0.4, 0.5) is 18.9 Å². The number of nitrogens with one attached hydrogen (secondary N) is 1. The highest BCUT2D eigenvalue weighted by atomic mass is 32.2. The SMILES string of the molecule is Cc1ccccc1-n1ccnc1SCC(=O)Nc1ccc(OCC(F)(F)F)cc1. The van der Waals surface area contributed by atoms with Gasteiger partial charge in [-0.15, -0.1) is 0 Å². The average Bonchev–Trinajstić information content (AvgIpc) is 3.14. The number of imidazole rings is 1. The predicted molar refractivity (Wildman–Crippen MR) is 106 cm³/mol. The van der Waals surface area contributed by atoms with E-state index in [2.05, 4.69) is 15.0 Å². The molecule has 0 aliphatic rings. The quantitative estimate of drug-likeness (QED) is 0.554. The van der Waals surface area contributed by atoms with E-state index >= 15 is 0 Å². The summed E-state index contributed by atoms with van der Waals surface area (Å²) in [5.41, 5.74) is 2.55. The summed E-state index contributed by atoms with van der Waals surface area (Å²) in [5.74, 6) is -0.0388. The molecule has 0 aliphatic carbocycles. The predicted octanol–water partition coefficient (Wildman–Crippen LogP) is 4.85. The van der Waals surface area contributed by atoms with Gasteiger partial charge in [0.15, 0.2) is 11.8 Å². The minimum absolute atomic E-state index is 0.0787. The van der Waals surface area contributed by atoms with Crippen molar-refractivity contribution in [3.8, 4) is 11.4 Å². The van der Waals surface area contributed by atoms with Crippen LogP contribution in [0.15, 0.2) is 66.1 Å². The molecule has 1 amide bonds. The van der Waals surface area contributed by atoms with E-state index in [1.165, 1.54) is 36.0 Å². The van der Waals surface area contributed by atoms with Crippen LogP contribution in [-0.4, -0.2) is 34.0 Å². The number of amides is 1. The summed E-state index contributed by atoms with van der Waals surface area (Å²) in [5, 5.41) is 3.39. The largest absolute Gasteiger partial charge is 0.484 e. The molecule has 152 valence electrons. The van der Waals surface area contributed by atoms with Crippen LogP contribution < -0.4 is 10.1 Å². The number of ether oxygens (including phenoxy) is 1. The van der Waals surface area contributed by atoms with Crippen molar-refractivity contribution in [2.75, 3.05) is 17.7 Å². The molecular formula is C20H18F3N3O2S. The van der Waals surface area contributed by atoms with Gasteiger partial charge in [-0.2, -0.15) is 13.2 Å². The number of nitrogens with zero attached hydrogens (tertiary/aromatic N) is 2. The highest BCUT2D eigenvalue weighted by Gasteiger charge is 2.28. The first-order valence-corrected chi connectivity index (χ1v) is 9.62. The third-order valence-corrected chi connectivity index (χ3v) is 4.82. The fourth-order valence-electron chi connectivity index (χ4n) is 2.54. The maximum absolute atomic E-state index is 12.2. The number of carbonyl (C=O) groups excluding carboxylic acids is 1. The summed E-state index contributed by atoms with van der Waals surface area (Å²) in [4.78, 5) is 16.5. The van der Waals surface area contributed by atoms with E-state index in [0.29, 0.717) is 10.8 Å². The van der Waals surface area contributed by atoms with E-state index in [4.69, 9.17) is 0 Å². The number of carbonyl (C=O) groups is 1. The number of para-hydroxylation sites is 1. The van der Waals surface area contributed by atoms with Crippen LogP contribution in [0, 0.1) is 6.92 Å². The topological polar surface area (TPSA) is 56.2 Å². The number of aryl methyl sites for hydroxylation is 1. The lowest BCUT2D eigenvalue weighted by molar-refractivity contribution is -0.153. The van der Waals surface area contributed by atoms with Gasteiger partial charge in [0, 0.05) is 18.1 Å². The Bertz CT molecular complexity index is 972. The van der Waals surface area contributed by atoms with E-state index in [9.17, 15) is 18.0 Å². The fourth-order valence-corrected chi connectivity index (χ4v) is 3.31. The van der Waals surface area contributed by atoms with Crippen molar-refractivity contribution >= 4 is 23.4 Å². The lowest BCUT2D eigenvalue weighted by Crippen LogP contribution is -2.19. The smallest absolute Gasteiger partial charge is 0.422 e. The maximum Gasteiger partial charge on any atom is 0.422 e. The summed E-state index contributed by atoms with van der Waals surface area (Å²) in [6.45, 7) is 0.640. The molecule has 0 bridgehead atoms. The number of aromatic nitrogens is 2. The molecule has 3 rings (SSSR count). The van der Waals surface area contributed by atoms with Crippen LogP contribution in [0.3, 0.4) is 0 Å². The third kappa shape index (κ3) is 6.02. The number of halogens is 3. The van der Waals surface area contributed by atoms with Crippen molar-refractivity contribution < 1.29 is 22.7 Å². The molecule has 1 N–H and O–H groups in total. The van der Waals surface area contributed by atoms with Gasteiger partial charge in [0.05, 0.1) is 11.4 Å². The molecule has 9 heteroatoms. The second-order valence-corrected chi connectivity index (χ2v) is 7.07. The Kier molecular flexibility index (Phi) is 6.48. The van der Waals surface area contributed by atoms with Crippen LogP contribution in [0.25, 0.3) is 5.69 Å². The Morgan fingerprint density at radius 2 is 1.90 bits per heavy atom. The molecule has 0 unspecified atom stereocenters. The van der Waals surface area contributed by atoms with Gasteiger partial charge in [0.1, 0.15) is 5.75 Å². The number of anilines is 1. The monoisotopic (exact) mass is 421 g/mol. The first kappa shape index (κ1) is 20.8. The lowest BCUT2D eigenvalue weighted by Gasteiger charge is -2.11. The molecule has 0 saturated heterocycles. The van der Waals surface area contributed by atoms with Crippen LogP contribution in [-0.2, 0) is 4.79 Å². The summed E-state index contributed by atoms with van der Waals surface area (Å²) < 4.78 is 43.0. The summed E-state index contributed by atoms with van der Waals surface area (Å²) in [6.07, 6.45) is -0.886. The van der Waals surface area contributed by atoms with E-state index in [1.807, 2.05) is 42.0 Å². The van der Waals surface area contributed by atoms with Crippen molar-refractivity contribution in [1.82, 2.24) is 9.55 Å². The van der Waals surface area contributed by atoms with Crippen molar-refractivity contribution in [2.45, 2.75) is 18.3 Å². The van der Waals surface area contributed by atoms with Crippen molar-refractivity contribution in [2.24, 2.45) is 0 Å². The molecule has 0 saturated carbocycles. The highest BCUT2D eigenvalue weighted by Crippen LogP contribution is 2.23. The van der Waals surface area contributed by atoms with Crippen LogP contribution in [0.1, 0.15) is 5.56 Å². The van der Waals surface area contributed by atoms with E-state index in [0.717, 1.165) is 11.3 Å². The summed E-state index contributed by atoms with van der Waals surface area (Å²) in [6, 6.07) is 13.6. The van der Waals surface area contributed by atoms with Crippen molar-refractivity contribution in [1.29, 1.82) is 0 Å². The molecule has 3 aromatic rings. The highest BCUT2D eigenvalue weighted by molar-refractivity contribution is 7.99. The number of hydrogen-bond donors (Lipinski definition) is 1. The molecule has 2 aromatic carbocycles. The van der Waals surface area contributed by atoms with Crippen LogP contribution >= 0.6 is 11.8 Å². The first-order chi connectivity index (χ1) is 13.8. The number of thioether (sulfide) groups is 1. The third-order valence-electron chi connectivity index (χ3n) is 3.85. The van der Waals surface area contributed by atoms with Gasteiger partial charge in [0.2, 0.25) is 5.91 Å². The van der Waals surface area contributed by atoms with Crippen LogP contribution in [0.5, 0.6) is 5.75 Å². The van der Waals surface area contributed by atoms with E-state index in [-0.39, 0.29) is 17.4 Å². The Morgan fingerprint density at radius 1 is 1.17 bits per heavy atom. The zero-order chi connectivity index (χ0) is 20.9. The Hall–Kier alpha value is -2.94. The molecule has 0 fully saturated rings. The van der Waals surface area contributed by atoms with Crippen LogP contribution in [0.2, 0.25) is 0 Å². The van der Waals surface area contributed by atoms with Crippen molar-refractivity contribution in [3.63, 3.8) is 0 Å². The normalized spacial score (nSPS) is 11.3. The van der Waals surface area contributed by atoms with Gasteiger partial charge < -0.3 is 10.1 Å². The Labute approximate surface area is 169 Å². The maximum atomic E-state index is 12.2. The van der Waals surface area contributed by atoms with Gasteiger partial charge in [-0.1, -0.05) is 30.0 Å². The molecule has 1 heterocycles. The van der Waals surface area contributed by atoms with Gasteiger partial charge in [-0.05, 0) is 42.8 Å². The van der Waals surface area contributed by atoms with Crippen molar-refractivity contribution in [3.05, 3.63) is 66.5 Å². The standard InChI is InChI=1S/C20H18F3N3O2S/c1-14-4-2-3-5-17(14)26-11-10-24-19(26)29-12-18(27)25-15-6-8-16(9-7-15)28-13-20(21,22)23/h2-11H,12-13H2,1H3,(H,25,27). The fraction of sp³-hybridized carbons (Fsp3) is 0.200. The lowest BCUT2D eigenvalue weighted by atomic mass is 10.2. The molecule has 0 spiro atoms. The number of hydrogen-bond acceptors (Lipinski definition) is 4. The number of alkyl halides is 3. The Morgan fingerprint density at radius 3 is 2.59 bits per heavy atom. The Balaban J connectivity index is 1.55. The zero-order valence-corrected chi connectivity index (χ0v) is 16.3.